The summed E-state index contributed by atoms with van der Waals surface area (Å²) in [6.07, 6.45) is 0.982. The fourth-order valence-electron chi connectivity index (χ4n) is 3.49. The summed E-state index contributed by atoms with van der Waals surface area (Å²) in [6, 6.07) is 12.8. The van der Waals surface area contributed by atoms with Crippen molar-refractivity contribution in [1.29, 1.82) is 0 Å². The Hall–Kier alpha value is -2.24. The lowest BCUT2D eigenvalue weighted by atomic mass is 9.89. The number of ether oxygens (including phenoxy) is 3. The monoisotopic (exact) mass is 398 g/mol. The minimum Gasteiger partial charge on any atom is -0.493 e. The van der Waals surface area contributed by atoms with E-state index in [0.29, 0.717) is 12.5 Å². The van der Waals surface area contributed by atoms with Crippen molar-refractivity contribution < 1.29 is 14.2 Å². The smallest absolute Gasteiger partial charge is 0.161 e. The van der Waals surface area contributed by atoms with E-state index in [1.807, 2.05) is 14.1 Å². The first-order valence-corrected chi connectivity index (χ1v) is 10.4. The number of rotatable bonds is 9. The number of likely N-dealkylation sites (N-methyl/N-ethyl adjacent to an activating group) is 1. The Bertz CT molecular complexity index is 787. The highest BCUT2D eigenvalue weighted by Gasteiger charge is 2.24. The van der Waals surface area contributed by atoms with E-state index >= 15 is 0 Å². The van der Waals surface area contributed by atoms with Gasteiger partial charge >= 0.3 is 0 Å². The maximum atomic E-state index is 6.05. The van der Waals surface area contributed by atoms with Gasteiger partial charge in [0.1, 0.15) is 12.4 Å². The van der Waals surface area contributed by atoms with Crippen molar-refractivity contribution in [2.45, 2.75) is 26.3 Å². The van der Waals surface area contributed by atoms with Gasteiger partial charge < -0.3 is 24.4 Å². The maximum Gasteiger partial charge on any atom is 0.161 e. The zero-order valence-corrected chi connectivity index (χ0v) is 18.3. The van der Waals surface area contributed by atoms with E-state index in [1.54, 1.807) is 7.11 Å². The van der Waals surface area contributed by atoms with Crippen LogP contribution in [0, 0.1) is 5.92 Å². The lowest BCUT2D eigenvalue weighted by Gasteiger charge is -2.29. The van der Waals surface area contributed by atoms with Crippen molar-refractivity contribution >= 4 is 0 Å². The third kappa shape index (κ3) is 5.64. The van der Waals surface area contributed by atoms with Gasteiger partial charge in [0.25, 0.3) is 0 Å². The molecular weight excluding hydrogens is 364 g/mol. The number of benzene rings is 2. The van der Waals surface area contributed by atoms with Gasteiger partial charge in [0.15, 0.2) is 11.5 Å². The zero-order chi connectivity index (χ0) is 20.8. The van der Waals surface area contributed by atoms with Gasteiger partial charge in [-0.2, -0.15) is 0 Å². The first-order valence-electron chi connectivity index (χ1n) is 10.4. The molecule has 1 unspecified atom stereocenters. The number of nitrogens with one attached hydrogen (secondary N) is 1. The van der Waals surface area contributed by atoms with E-state index < -0.39 is 0 Å². The number of hydrogen-bond acceptors (Lipinski definition) is 5. The maximum absolute atomic E-state index is 6.05. The molecule has 2 aromatic carbocycles. The second kappa shape index (κ2) is 9.99. The Morgan fingerprint density at radius 1 is 1.07 bits per heavy atom. The Balaban J connectivity index is 1.82. The summed E-state index contributed by atoms with van der Waals surface area (Å²) in [4.78, 5) is 2.11. The quantitative estimate of drug-likeness (QED) is 0.694. The average Bonchev–Trinajstić information content (AvgIpc) is 2.71. The van der Waals surface area contributed by atoms with Gasteiger partial charge in [-0.3, -0.25) is 0 Å². The second-order valence-corrected chi connectivity index (χ2v) is 8.26. The minimum atomic E-state index is 0.139. The Labute approximate surface area is 175 Å². The molecule has 0 amide bonds. The van der Waals surface area contributed by atoms with Crippen molar-refractivity contribution in [3.05, 3.63) is 53.1 Å². The summed E-state index contributed by atoms with van der Waals surface area (Å²) in [7, 11) is 5.79. The number of hydrogen-bond donors (Lipinski definition) is 1. The molecule has 0 aromatic heterocycles. The number of nitrogens with zero attached hydrogens (tertiary/aromatic N) is 1. The molecule has 0 spiro atoms. The summed E-state index contributed by atoms with van der Waals surface area (Å²) in [5.74, 6) is 3.04. The van der Waals surface area contributed by atoms with Crippen molar-refractivity contribution in [3.63, 3.8) is 0 Å². The van der Waals surface area contributed by atoms with Crippen LogP contribution in [0.5, 0.6) is 17.2 Å². The Kier molecular flexibility index (Phi) is 7.40. The molecule has 0 fully saturated rings. The average molecular weight is 399 g/mol. The molecule has 5 nitrogen and oxygen atoms in total. The first kappa shape index (κ1) is 21.5. The number of fused-ring (bicyclic) bond motifs is 1. The molecule has 3 rings (SSSR count). The van der Waals surface area contributed by atoms with Crippen LogP contribution in [0.15, 0.2) is 36.4 Å². The van der Waals surface area contributed by atoms with Crippen molar-refractivity contribution in [2.24, 2.45) is 5.92 Å². The molecule has 1 heterocycles. The third-order valence-corrected chi connectivity index (χ3v) is 5.07. The molecule has 2 aromatic rings. The molecule has 158 valence electrons. The van der Waals surface area contributed by atoms with Crippen molar-refractivity contribution in [3.8, 4) is 17.2 Å². The molecule has 0 radical (unpaired) electrons. The standard InChI is InChI=1S/C24H34N2O3/c1-17(2)16-29-20-8-6-18(7-9-20)24-21-15-23(28-13-12-26(3)4)22(27-5)14-19(21)10-11-25-24/h6-9,14-15,17,24-25H,10-13,16H2,1-5H3. The molecule has 1 aliphatic rings. The number of methoxy groups -OCH3 is 1. The molecule has 1 aliphatic heterocycles. The fourth-order valence-corrected chi connectivity index (χ4v) is 3.49. The van der Waals surface area contributed by atoms with Gasteiger partial charge in [-0.25, -0.2) is 0 Å². The first-order chi connectivity index (χ1) is 14.0. The summed E-state index contributed by atoms with van der Waals surface area (Å²) in [6.45, 7) is 7.47. The van der Waals surface area contributed by atoms with E-state index in [4.69, 9.17) is 14.2 Å². The normalized spacial score (nSPS) is 16.0. The summed E-state index contributed by atoms with van der Waals surface area (Å²) < 4.78 is 17.5. The van der Waals surface area contributed by atoms with E-state index in [2.05, 4.69) is 60.5 Å². The second-order valence-electron chi connectivity index (χ2n) is 8.26. The topological polar surface area (TPSA) is 43.0 Å². The van der Waals surface area contributed by atoms with Crippen LogP contribution in [0.3, 0.4) is 0 Å². The Morgan fingerprint density at radius 2 is 1.83 bits per heavy atom. The van der Waals surface area contributed by atoms with Gasteiger partial charge in [0, 0.05) is 13.1 Å². The van der Waals surface area contributed by atoms with Gasteiger partial charge in [-0.15, -0.1) is 0 Å². The highest BCUT2D eigenvalue weighted by Crippen LogP contribution is 2.37. The summed E-state index contributed by atoms with van der Waals surface area (Å²) in [5, 5.41) is 3.65. The molecule has 0 saturated carbocycles. The minimum absolute atomic E-state index is 0.139. The molecule has 0 bridgehead atoms. The lowest BCUT2D eigenvalue weighted by Crippen LogP contribution is -2.30. The van der Waals surface area contributed by atoms with Gasteiger partial charge in [-0.05, 0) is 67.4 Å². The van der Waals surface area contributed by atoms with E-state index in [1.165, 1.54) is 16.7 Å². The fraction of sp³-hybridized carbons (Fsp3) is 0.500. The largest absolute Gasteiger partial charge is 0.493 e. The Morgan fingerprint density at radius 3 is 2.48 bits per heavy atom. The highest BCUT2D eigenvalue weighted by molar-refractivity contribution is 5.52. The molecule has 1 N–H and O–H groups in total. The van der Waals surface area contributed by atoms with Crippen LogP contribution < -0.4 is 19.5 Å². The summed E-state index contributed by atoms with van der Waals surface area (Å²) >= 11 is 0. The molecular formula is C24H34N2O3. The van der Waals surface area contributed by atoms with Crippen LogP contribution in [-0.4, -0.2) is 52.4 Å². The van der Waals surface area contributed by atoms with Gasteiger partial charge in [0.2, 0.25) is 0 Å². The molecule has 0 saturated heterocycles. The van der Waals surface area contributed by atoms with Crippen molar-refractivity contribution in [1.82, 2.24) is 10.2 Å². The van der Waals surface area contributed by atoms with Crippen molar-refractivity contribution in [2.75, 3.05) is 47.5 Å². The van der Waals surface area contributed by atoms with Crippen LogP contribution in [0.2, 0.25) is 0 Å². The predicted molar refractivity (Wildman–Crippen MR) is 117 cm³/mol. The molecule has 1 atom stereocenters. The summed E-state index contributed by atoms with van der Waals surface area (Å²) in [5.41, 5.74) is 3.80. The van der Waals surface area contributed by atoms with Crippen LogP contribution in [0.1, 0.15) is 36.6 Å². The predicted octanol–water partition coefficient (Wildman–Crippen LogP) is 3.91. The van der Waals surface area contributed by atoms with Crippen LogP contribution in [-0.2, 0) is 6.42 Å². The van der Waals surface area contributed by atoms with E-state index in [-0.39, 0.29) is 6.04 Å². The van der Waals surface area contributed by atoms with E-state index in [9.17, 15) is 0 Å². The molecule has 5 heteroatoms. The van der Waals surface area contributed by atoms with Crippen LogP contribution in [0.25, 0.3) is 0 Å². The van der Waals surface area contributed by atoms with Crippen LogP contribution >= 0.6 is 0 Å². The van der Waals surface area contributed by atoms with Gasteiger partial charge in [-0.1, -0.05) is 26.0 Å². The lowest BCUT2D eigenvalue weighted by molar-refractivity contribution is 0.250. The van der Waals surface area contributed by atoms with E-state index in [0.717, 1.165) is 43.4 Å². The van der Waals surface area contributed by atoms with Crippen LogP contribution in [0.4, 0.5) is 0 Å². The molecule has 0 aliphatic carbocycles. The zero-order valence-electron chi connectivity index (χ0n) is 18.3. The van der Waals surface area contributed by atoms with Gasteiger partial charge in [0.05, 0.1) is 19.8 Å². The highest BCUT2D eigenvalue weighted by atomic mass is 16.5. The SMILES string of the molecule is COc1cc2c(cc1OCCN(C)C)C(c1ccc(OCC(C)C)cc1)NCC2. The molecule has 29 heavy (non-hydrogen) atoms. The third-order valence-electron chi connectivity index (χ3n) is 5.07.